The highest BCUT2D eigenvalue weighted by atomic mass is 16.5. The van der Waals surface area contributed by atoms with Crippen LogP contribution in [0.1, 0.15) is 18.1 Å². The number of nitrogens with two attached hydrogens (primary N) is 1. The number of hydrogen-bond donors (Lipinski definition) is 2. The number of anilines is 2. The van der Waals surface area contributed by atoms with E-state index in [1.807, 2.05) is 13.0 Å². The second-order valence-electron chi connectivity index (χ2n) is 6.11. The lowest BCUT2D eigenvalue weighted by molar-refractivity contribution is -0.121. The first-order valence-electron chi connectivity index (χ1n) is 8.13. The van der Waals surface area contributed by atoms with Crippen LogP contribution in [0.15, 0.2) is 42.5 Å². The Kier molecular flexibility index (Phi) is 4.71. The second-order valence-corrected chi connectivity index (χ2v) is 6.11. The van der Waals surface area contributed by atoms with Crippen molar-refractivity contribution >= 4 is 17.3 Å². The molecule has 1 amide bonds. The monoisotopic (exact) mass is 325 g/mol. The lowest BCUT2D eigenvalue weighted by Crippen LogP contribution is -2.44. The van der Waals surface area contributed by atoms with Crippen molar-refractivity contribution in [3.63, 3.8) is 0 Å². The zero-order valence-electron chi connectivity index (χ0n) is 14.1. The molecule has 1 atom stereocenters. The summed E-state index contributed by atoms with van der Waals surface area (Å²) in [7, 11) is 1.57. The molecule has 0 aromatic heterocycles. The van der Waals surface area contributed by atoms with Crippen molar-refractivity contribution in [2.45, 2.75) is 25.9 Å². The van der Waals surface area contributed by atoms with Crippen molar-refractivity contribution in [3.8, 4) is 5.75 Å². The third kappa shape index (κ3) is 3.36. The molecule has 5 nitrogen and oxygen atoms in total. The summed E-state index contributed by atoms with van der Waals surface area (Å²) < 4.78 is 5.13. The van der Waals surface area contributed by atoms with E-state index in [0.717, 1.165) is 19.5 Å². The Labute approximate surface area is 142 Å². The maximum absolute atomic E-state index is 12.6. The molecule has 24 heavy (non-hydrogen) atoms. The summed E-state index contributed by atoms with van der Waals surface area (Å²) >= 11 is 0. The van der Waals surface area contributed by atoms with E-state index in [-0.39, 0.29) is 11.9 Å². The van der Waals surface area contributed by atoms with Crippen LogP contribution in [0.25, 0.3) is 0 Å². The van der Waals surface area contributed by atoms with Crippen LogP contribution in [0.3, 0.4) is 0 Å². The van der Waals surface area contributed by atoms with Crippen molar-refractivity contribution in [1.29, 1.82) is 0 Å². The van der Waals surface area contributed by atoms with Gasteiger partial charge in [0.25, 0.3) is 0 Å². The SMILES string of the molecule is COc1ccc(NC(=O)C(C)N2CCc3ccccc3C2)cc1N. The van der Waals surface area contributed by atoms with Gasteiger partial charge in [0.15, 0.2) is 0 Å². The summed E-state index contributed by atoms with van der Waals surface area (Å²) in [5.41, 5.74) is 9.77. The van der Waals surface area contributed by atoms with Crippen LogP contribution in [0.5, 0.6) is 5.75 Å². The lowest BCUT2D eigenvalue weighted by Gasteiger charge is -2.32. The Morgan fingerprint density at radius 1 is 1.25 bits per heavy atom. The van der Waals surface area contributed by atoms with Gasteiger partial charge in [-0.3, -0.25) is 9.69 Å². The first kappa shape index (κ1) is 16.3. The molecule has 1 aliphatic heterocycles. The third-order valence-electron chi connectivity index (χ3n) is 4.58. The van der Waals surface area contributed by atoms with Crippen LogP contribution >= 0.6 is 0 Å². The Morgan fingerprint density at radius 2 is 2.00 bits per heavy atom. The third-order valence-corrected chi connectivity index (χ3v) is 4.58. The van der Waals surface area contributed by atoms with Crippen LogP contribution in [-0.4, -0.2) is 30.5 Å². The number of carbonyl (C=O) groups excluding carboxylic acids is 1. The number of methoxy groups -OCH3 is 1. The van der Waals surface area contributed by atoms with Crippen LogP contribution in [-0.2, 0) is 17.8 Å². The maximum atomic E-state index is 12.6. The molecule has 1 heterocycles. The average Bonchev–Trinajstić information content (AvgIpc) is 2.60. The fraction of sp³-hybridized carbons (Fsp3) is 0.316. The van der Waals surface area contributed by atoms with E-state index in [0.29, 0.717) is 17.1 Å². The van der Waals surface area contributed by atoms with Gasteiger partial charge in [0.05, 0.1) is 18.8 Å². The van der Waals surface area contributed by atoms with Gasteiger partial charge in [0.2, 0.25) is 5.91 Å². The van der Waals surface area contributed by atoms with Gasteiger partial charge in [0, 0.05) is 18.8 Å². The lowest BCUT2D eigenvalue weighted by atomic mass is 9.99. The minimum absolute atomic E-state index is 0.0288. The van der Waals surface area contributed by atoms with E-state index in [9.17, 15) is 4.79 Å². The van der Waals surface area contributed by atoms with Gasteiger partial charge in [-0.2, -0.15) is 0 Å². The normalized spacial score (nSPS) is 15.4. The van der Waals surface area contributed by atoms with E-state index >= 15 is 0 Å². The summed E-state index contributed by atoms with van der Waals surface area (Å²) in [6.07, 6.45) is 0.975. The molecular weight excluding hydrogens is 302 g/mol. The molecule has 5 heteroatoms. The summed E-state index contributed by atoms with van der Waals surface area (Å²) in [6.45, 7) is 3.63. The Morgan fingerprint density at radius 3 is 2.71 bits per heavy atom. The molecule has 0 radical (unpaired) electrons. The highest BCUT2D eigenvalue weighted by molar-refractivity contribution is 5.95. The summed E-state index contributed by atoms with van der Waals surface area (Å²) in [4.78, 5) is 14.8. The summed E-state index contributed by atoms with van der Waals surface area (Å²) in [5, 5.41) is 2.94. The zero-order chi connectivity index (χ0) is 17.1. The number of ether oxygens (including phenoxy) is 1. The highest BCUT2D eigenvalue weighted by Gasteiger charge is 2.25. The predicted molar refractivity (Wildman–Crippen MR) is 96.1 cm³/mol. The second kappa shape index (κ2) is 6.93. The van der Waals surface area contributed by atoms with Crippen LogP contribution in [0, 0.1) is 0 Å². The number of amides is 1. The molecule has 3 rings (SSSR count). The molecule has 0 fully saturated rings. The van der Waals surface area contributed by atoms with Gasteiger partial charge in [-0.15, -0.1) is 0 Å². The van der Waals surface area contributed by atoms with Gasteiger partial charge in [-0.05, 0) is 42.7 Å². The van der Waals surface area contributed by atoms with Gasteiger partial charge in [-0.25, -0.2) is 0 Å². The van der Waals surface area contributed by atoms with Crippen LogP contribution < -0.4 is 15.8 Å². The smallest absolute Gasteiger partial charge is 0.241 e. The van der Waals surface area contributed by atoms with E-state index in [4.69, 9.17) is 10.5 Å². The average molecular weight is 325 g/mol. The number of carbonyl (C=O) groups is 1. The molecule has 2 aromatic rings. The molecule has 1 aliphatic rings. The first-order chi connectivity index (χ1) is 11.6. The number of nitrogens with one attached hydrogen (secondary N) is 1. The quantitative estimate of drug-likeness (QED) is 0.848. The van der Waals surface area contributed by atoms with Gasteiger partial charge < -0.3 is 15.8 Å². The number of hydrogen-bond acceptors (Lipinski definition) is 4. The molecule has 0 aliphatic carbocycles. The molecule has 1 unspecified atom stereocenters. The van der Waals surface area contributed by atoms with Crippen molar-refractivity contribution in [2.75, 3.05) is 24.7 Å². The number of fused-ring (bicyclic) bond motifs is 1. The number of nitrogens with zero attached hydrogens (tertiary/aromatic N) is 1. The van der Waals surface area contributed by atoms with E-state index in [1.54, 1.807) is 25.3 Å². The number of benzene rings is 2. The standard InChI is InChI=1S/C19H23N3O2/c1-13(22-10-9-14-5-3-4-6-15(14)12-22)19(23)21-16-7-8-18(24-2)17(20)11-16/h3-8,11,13H,9-10,12,20H2,1-2H3,(H,21,23). The first-order valence-corrected chi connectivity index (χ1v) is 8.13. The molecule has 0 saturated carbocycles. The van der Waals surface area contributed by atoms with Gasteiger partial charge in [0.1, 0.15) is 5.75 Å². The largest absolute Gasteiger partial charge is 0.495 e. The Hall–Kier alpha value is -2.53. The number of rotatable bonds is 4. The van der Waals surface area contributed by atoms with E-state index in [2.05, 4.69) is 28.4 Å². The molecular formula is C19H23N3O2. The predicted octanol–water partition coefficient (Wildman–Crippen LogP) is 2.66. The van der Waals surface area contributed by atoms with Gasteiger partial charge >= 0.3 is 0 Å². The Balaban J connectivity index is 1.66. The fourth-order valence-electron chi connectivity index (χ4n) is 3.07. The fourth-order valence-corrected chi connectivity index (χ4v) is 3.07. The molecule has 0 spiro atoms. The molecule has 0 bridgehead atoms. The maximum Gasteiger partial charge on any atom is 0.241 e. The van der Waals surface area contributed by atoms with Crippen molar-refractivity contribution in [1.82, 2.24) is 4.90 Å². The topological polar surface area (TPSA) is 67.6 Å². The molecule has 2 aromatic carbocycles. The number of nitrogen functional groups attached to an aromatic ring is 1. The molecule has 126 valence electrons. The van der Waals surface area contributed by atoms with Crippen molar-refractivity contribution in [3.05, 3.63) is 53.6 Å². The Bertz CT molecular complexity index is 745. The van der Waals surface area contributed by atoms with E-state index < -0.39 is 0 Å². The van der Waals surface area contributed by atoms with E-state index in [1.165, 1.54) is 11.1 Å². The minimum atomic E-state index is -0.207. The zero-order valence-corrected chi connectivity index (χ0v) is 14.1. The van der Waals surface area contributed by atoms with Crippen LogP contribution in [0.4, 0.5) is 11.4 Å². The van der Waals surface area contributed by atoms with Crippen molar-refractivity contribution < 1.29 is 9.53 Å². The van der Waals surface area contributed by atoms with Crippen LogP contribution in [0.2, 0.25) is 0 Å². The minimum Gasteiger partial charge on any atom is -0.495 e. The van der Waals surface area contributed by atoms with Gasteiger partial charge in [-0.1, -0.05) is 24.3 Å². The molecule has 3 N–H and O–H groups in total. The molecule has 0 saturated heterocycles. The summed E-state index contributed by atoms with van der Waals surface area (Å²) in [6, 6.07) is 13.5. The van der Waals surface area contributed by atoms with Crippen molar-refractivity contribution in [2.24, 2.45) is 0 Å². The summed E-state index contributed by atoms with van der Waals surface area (Å²) in [5.74, 6) is 0.577. The highest BCUT2D eigenvalue weighted by Crippen LogP contribution is 2.25.